The first-order valence-electron chi connectivity index (χ1n) is 7.66. The molecule has 0 rings (SSSR count). The van der Waals surface area contributed by atoms with Crippen LogP contribution in [0.4, 0.5) is 0 Å². The van der Waals surface area contributed by atoms with Gasteiger partial charge in [-0.1, -0.05) is 0 Å². The van der Waals surface area contributed by atoms with Crippen molar-refractivity contribution in [3.05, 3.63) is 0 Å². The Morgan fingerprint density at radius 3 is 0.722 bits per heavy atom. The Kier molecular flexibility index (Phi) is 71.1. The van der Waals surface area contributed by atoms with E-state index < -0.39 is 62.6 Å². The zero-order valence-corrected chi connectivity index (χ0v) is 28.2. The van der Waals surface area contributed by atoms with Gasteiger partial charge in [0.2, 0.25) is 0 Å². The molecule has 0 atom stereocenters. The smallest absolute Gasteiger partial charge is 0.549 e. The van der Waals surface area contributed by atoms with Crippen LogP contribution in [0.1, 0.15) is 0 Å². The van der Waals surface area contributed by atoms with Crippen LogP contribution in [0.25, 0.3) is 0 Å². The van der Waals surface area contributed by atoms with Crippen molar-refractivity contribution in [3.63, 3.8) is 0 Å². The molecule has 0 heterocycles. The minimum atomic E-state index is -1.54. The molecule has 0 unspecified atom stereocenters. The standard InChI is InChI=1S/C14H23N3O10.Gd.2K.6H2O/c18-10(19)5-15(1-3-16(6-11(20)21)7-12(22)23)2-4-17(8-13(24)25)9-14(26)27;;;;;;;;;/h1-9H2,(H,18,19)(H,20,21)(H,22,23)(H,24,25)(H,26,27);;;;6*1H2/q;+3;2*+1;;;;;;/p-4. The fourth-order valence-electron chi connectivity index (χ4n) is 2.18. The number of nitrogens with zero attached hydrogens (tertiary/aromatic N) is 3. The molecule has 0 fully saturated rings. The molecule has 0 aliphatic carbocycles. The van der Waals surface area contributed by atoms with Crippen LogP contribution >= 0.6 is 0 Å². The van der Waals surface area contributed by atoms with E-state index >= 15 is 0 Å². The van der Waals surface area contributed by atoms with Crippen LogP contribution in [0.2, 0.25) is 0 Å². The summed E-state index contributed by atoms with van der Waals surface area (Å²) in [7, 11) is 0. The monoisotopic (exact) mass is 733 g/mol. The Bertz CT molecular complexity index is 506. The summed E-state index contributed by atoms with van der Waals surface area (Å²) < 4.78 is 0. The molecule has 0 aromatic heterocycles. The molecule has 0 aromatic rings. The molecule has 19 nitrogen and oxygen atoms in total. The molecule has 0 saturated carbocycles. The molecule has 36 heavy (non-hydrogen) atoms. The molecule has 1 radical (unpaired) electrons. The summed E-state index contributed by atoms with van der Waals surface area (Å²) in [5.41, 5.74) is 0. The van der Waals surface area contributed by atoms with E-state index in [2.05, 4.69) is 0 Å². The van der Waals surface area contributed by atoms with Gasteiger partial charge in [-0.25, -0.2) is 0 Å². The maximum Gasteiger partial charge on any atom is 3.00 e. The van der Waals surface area contributed by atoms with Gasteiger partial charge in [-0.05, 0) is 0 Å². The number of carbonyl (C=O) groups excluding carboxylic acids is 5. The van der Waals surface area contributed by atoms with Gasteiger partial charge in [0.05, 0.1) is 29.8 Å². The summed E-state index contributed by atoms with van der Waals surface area (Å²) in [6, 6.07) is 0. The summed E-state index contributed by atoms with van der Waals surface area (Å²) in [6.07, 6.45) is 0. The number of carbonyl (C=O) groups is 5. The van der Waals surface area contributed by atoms with Crippen molar-refractivity contribution in [2.75, 3.05) is 58.9 Å². The number of hydrogen-bond donors (Lipinski definition) is 0. The molecule has 0 saturated heterocycles. The number of aliphatic carboxylic acids is 5. The van der Waals surface area contributed by atoms with Gasteiger partial charge in [0, 0.05) is 58.9 Å². The van der Waals surface area contributed by atoms with E-state index in [0.29, 0.717) is 0 Å². The van der Waals surface area contributed by atoms with Gasteiger partial charge < -0.3 is 82.4 Å². The Hall–Kier alpha value is 1.59. The molecule has 0 amide bonds. The fraction of sp³-hybridized carbons (Fsp3) is 0.643. The van der Waals surface area contributed by atoms with E-state index in [-0.39, 0.29) is 202 Å². The van der Waals surface area contributed by atoms with E-state index in [1.54, 1.807) is 0 Å². The van der Waals surface area contributed by atoms with Crippen LogP contribution < -0.4 is 128 Å². The SMILES string of the molecule is O.O.O.O.O.O=C([O-])CN(CCN(CC(=O)[O-])CC(=O)[O-])CCN(CC(=O)[O-])CC(=O)[O-].[Gd+3].[K+].[K+].[OH3+]. The molecule has 13 N–H and O–H groups in total. The molecule has 0 aliphatic heterocycles. The fourth-order valence-corrected chi connectivity index (χ4v) is 2.18. The maximum absolute atomic E-state index is 10.8. The molecule has 0 spiro atoms. The van der Waals surface area contributed by atoms with E-state index in [4.69, 9.17) is 0 Å². The van der Waals surface area contributed by atoms with Gasteiger partial charge in [-0.3, -0.25) is 14.7 Å². The third-order valence-electron chi connectivity index (χ3n) is 3.23. The van der Waals surface area contributed by atoms with Crippen LogP contribution in [0.15, 0.2) is 0 Å². The van der Waals surface area contributed by atoms with Gasteiger partial charge in [0.1, 0.15) is 0 Å². The predicted octanol–water partition coefficient (Wildman–Crippen LogP) is -20.4. The molecule has 0 aliphatic rings. The van der Waals surface area contributed by atoms with Crippen LogP contribution in [-0.2, 0) is 29.4 Å². The van der Waals surface area contributed by atoms with Gasteiger partial charge in [-0.15, -0.1) is 0 Å². The average molecular weight is 733 g/mol. The number of hydrogen-bond acceptors (Lipinski definition) is 13. The number of carboxylic acid groups (broad SMARTS) is 5. The summed E-state index contributed by atoms with van der Waals surface area (Å²) >= 11 is 0. The molecule has 22 heteroatoms. The molecule has 0 bridgehead atoms. The Morgan fingerprint density at radius 2 is 0.556 bits per heavy atom. The van der Waals surface area contributed by atoms with Gasteiger partial charge in [0.25, 0.3) is 0 Å². The zero-order valence-electron chi connectivity index (χ0n) is 19.7. The van der Waals surface area contributed by atoms with Gasteiger partial charge in [-0.2, -0.15) is 0 Å². The third-order valence-corrected chi connectivity index (χ3v) is 3.23. The van der Waals surface area contributed by atoms with E-state index in [0.717, 1.165) is 9.80 Å². The van der Waals surface area contributed by atoms with Crippen LogP contribution in [-0.4, -0.2) is 131 Å². The summed E-state index contributed by atoms with van der Waals surface area (Å²) in [6.45, 7) is -4.16. The largest absolute Gasteiger partial charge is 3.00 e. The molecular formula is C14H31GdK2N3O16+. The van der Waals surface area contributed by atoms with Crippen molar-refractivity contribution < 1.29 is 225 Å². The van der Waals surface area contributed by atoms with Gasteiger partial charge >= 0.3 is 143 Å². The van der Waals surface area contributed by atoms with Crippen LogP contribution in [0.3, 0.4) is 0 Å². The number of carboxylic acids is 5. The van der Waals surface area contributed by atoms with E-state index in [9.17, 15) is 49.5 Å². The first-order chi connectivity index (χ1) is 12.5. The quantitative estimate of drug-likeness (QED) is 0.105. The van der Waals surface area contributed by atoms with E-state index in [1.165, 1.54) is 4.90 Å². The first kappa shape index (κ1) is 66.1. The normalized spacial score (nSPS) is 8.31. The molecule has 0 aromatic carbocycles. The van der Waals surface area contributed by atoms with Crippen molar-refractivity contribution in [2.45, 2.75) is 0 Å². The van der Waals surface area contributed by atoms with Crippen molar-refractivity contribution in [2.24, 2.45) is 0 Å². The molecular weight excluding hydrogens is 702 g/mol. The van der Waals surface area contributed by atoms with Crippen molar-refractivity contribution in [1.29, 1.82) is 0 Å². The minimum Gasteiger partial charge on any atom is -0.549 e. The summed E-state index contributed by atoms with van der Waals surface area (Å²) in [5.74, 6) is -7.67. The maximum atomic E-state index is 10.8. The van der Waals surface area contributed by atoms with Crippen molar-refractivity contribution in [3.8, 4) is 0 Å². The van der Waals surface area contributed by atoms with Crippen LogP contribution in [0.5, 0.6) is 0 Å². The average Bonchev–Trinajstić information content (AvgIpc) is 2.46. The topological polar surface area (TPSA) is 401 Å². The number of rotatable bonds is 16. The van der Waals surface area contributed by atoms with Gasteiger partial charge in [0.15, 0.2) is 0 Å². The van der Waals surface area contributed by atoms with Crippen LogP contribution in [0, 0.1) is 39.9 Å². The summed E-state index contributed by atoms with van der Waals surface area (Å²) in [5, 5.41) is 53.3. The van der Waals surface area contributed by atoms with E-state index in [1.807, 2.05) is 0 Å². The zero-order chi connectivity index (χ0) is 21.0. The third kappa shape index (κ3) is 42.7. The second-order valence-corrected chi connectivity index (χ2v) is 5.56. The predicted molar refractivity (Wildman–Crippen MR) is 97.3 cm³/mol. The molecule has 207 valence electrons. The summed E-state index contributed by atoms with van der Waals surface area (Å²) in [4.78, 5) is 56.4. The first-order valence-corrected chi connectivity index (χ1v) is 7.66. The Balaban J connectivity index is -0.0000000939. The second kappa shape index (κ2) is 38.7. The second-order valence-electron chi connectivity index (χ2n) is 5.56. The van der Waals surface area contributed by atoms with Crippen molar-refractivity contribution in [1.82, 2.24) is 14.7 Å². The minimum absolute atomic E-state index is 0. The Labute approximate surface area is 322 Å². The Morgan fingerprint density at radius 1 is 0.417 bits per heavy atom. The van der Waals surface area contributed by atoms with Crippen molar-refractivity contribution >= 4 is 29.8 Å².